The standard InChI is InChI=1S/C12H19BrN2O3/c1-14-6-11(17)15(7-10(14)16)9-12(8-13)2-4-18-5-3-12/h2-9H2,1H3. The van der Waals surface area contributed by atoms with Crippen molar-refractivity contribution in [1.82, 2.24) is 9.80 Å². The van der Waals surface area contributed by atoms with Crippen LogP contribution in [-0.2, 0) is 14.3 Å². The van der Waals surface area contributed by atoms with Gasteiger partial charge in [0.15, 0.2) is 0 Å². The first-order chi connectivity index (χ1) is 8.56. The average molecular weight is 319 g/mol. The number of carbonyl (C=O) groups excluding carboxylic acids is 2. The summed E-state index contributed by atoms with van der Waals surface area (Å²) in [6.07, 6.45) is 1.87. The molecule has 0 aromatic carbocycles. The fourth-order valence-corrected chi connectivity index (χ4v) is 3.19. The molecule has 2 amide bonds. The van der Waals surface area contributed by atoms with Gasteiger partial charge in [-0.1, -0.05) is 15.9 Å². The number of carbonyl (C=O) groups is 2. The van der Waals surface area contributed by atoms with E-state index in [-0.39, 0.29) is 30.3 Å². The fourth-order valence-electron chi connectivity index (χ4n) is 2.45. The van der Waals surface area contributed by atoms with Crippen LogP contribution in [0.3, 0.4) is 0 Å². The molecule has 0 aromatic rings. The van der Waals surface area contributed by atoms with E-state index in [0.29, 0.717) is 6.54 Å². The molecule has 102 valence electrons. The van der Waals surface area contributed by atoms with Crippen LogP contribution in [0.4, 0.5) is 0 Å². The number of piperazine rings is 1. The smallest absolute Gasteiger partial charge is 0.242 e. The molecule has 0 spiro atoms. The second-order valence-corrected chi connectivity index (χ2v) is 5.81. The second-order valence-electron chi connectivity index (χ2n) is 5.25. The van der Waals surface area contributed by atoms with E-state index in [1.54, 1.807) is 11.9 Å². The molecule has 2 aliphatic rings. The largest absolute Gasteiger partial charge is 0.381 e. The molecule has 0 unspecified atom stereocenters. The average Bonchev–Trinajstić information content (AvgIpc) is 2.37. The van der Waals surface area contributed by atoms with E-state index in [4.69, 9.17) is 4.74 Å². The number of likely N-dealkylation sites (N-methyl/N-ethyl adjacent to an activating group) is 1. The van der Waals surface area contributed by atoms with E-state index in [9.17, 15) is 9.59 Å². The summed E-state index contributed by atoms with van der Waals surface area (Å²) in [5.41, 5.74) is 0.0596. The van der Waals surface area contributed by atoms with Gasteiger partial charge in [0.05, 0.1) is 13.1 Å². The number of hydrogen-bond acceptors (Lipinski definition) is 3. The van der Waals surface area contributed by atoms with Crippen molar-refractivity contribution in [2.24, 2.45) is 5.41 Å². The van der Waals surface area contributed by atoms with Crippen LogP contribution in [0, 0.1) is 5.41 Å². The molecule has 5 nitrogen and oxygen atoms in total. The predicted molar refractivity (Wildman–Crippen MR) is 70.5 cm³/mol. The molecule has 6 heteroatoms. The fraction of sp³-hybridized carbons (Fsp3) is 0.833. The first-order valence-electron chi connectivity index (χ1n) is 6.22. The molecule has 0 N–H and O–H groups in total. The Morgan fingerprint density at radius 2 is 1.89 bits per heavy atom. The quantitative estimate of drug-likeness (QED) is 0.711. The van der Waals surface area contributed by atoms with Crippen molar-refractivity contribution in [1.29, 1.82) is 0 Å². The van der Waals surface area contributed by atoms with Crippen LogP contribution < -0.4 is 0 Å². The minimum absolute atomic E-state index is 0.0198. The highest BCUT2D eigenvalue weighted by atomic mass is 79.9. The van der Waals surface area contributed by atoms with E-state index in [1.807, 2.05) is 0 Å². The molecule has 2 heterocycles. The highest BCUT2D eigenvalue weighted by Crippen LogP contribution is 2.33. The molecular weight excluding hydrogens is 300 g/mol. The number of ether oxygens (including phenoxy) is 1. The number of rotatable bonds is 3. The molecular formula is C12H19BrN2O3. The van der Waals surface area contributed by atoms with Crippen LogP contribution in [0.2, 0.25) is 0 Å². The van der Waals surface area contributed by atoms with Gasteiger partial charge in [0, 0.05) is 37.6 Å². The summed E-state index contributed by atoms with van der Waals surface area (Å²) in [4.78, 5) is 26.8. The molecule has 2 fully saturated rings. The SMILES string of the molecule is CN1CC(=O)N(CC2(CBr)CCOCC2)CC1=O. The van der Waals surface area contributed by atoms with Gasteiger partial charge in [0.1, 0.15) is 0 Å². The molecule has 0 aromatic heterocycles. The Kier molecular flexibility index (Phi) is 4.27. The minimum atomic E-state index is 0.0198. The number of hydrogen-bond donors (Lipinski definition) is 0. The summed E-state index contributed by atoms with van der Waals surface area (Å²) in [6, 6.07) is 0. The topological polar surface area (TPSA) is 49.9 Å². The van der Waals surface area contributed by atoms with Crippen molar-refractivity contribution >= 4 is 27.7 Å². The molecule has 2 saturated heterocycles. The summed E-state index contributed by atoms with van der Waals surface area (Å²) in [6.45, 7) is 2.54. The summed E-state index contributed by atoms with van der Waals surface area (Å²) in [5.74, 6) is 0.0651. The van der Waals surface area contributed by atoms with Crippen LogP contribution in [-0.4, -0.2) is 66.8 Å². The van der Waals surface area contributed by atoms with Gasteiger partial charge in [-0.3, -0.25) is 9.59 Å². The lowest BCUT2D eigenvalue weighted by Crippen LogP contribution is -2.55. The van der Waals surface area contributed by atoms with Gasteiger partial charge < -0.3 is 14.5 Å². The summed E-state index contributed by atoms with van der Waals surface area (Å²) in [5, 5.41) is 0.844. The van der Waals surface area contributed by atoms with Crippen molar-refractivity contribution in [3.63, 3.8) is 0 Å². The maximum absolute atomic E-state index is 12.0. The minimum Gasteiger partial charge on any atom is -0.381 e. The Hall–Kier alpha value is -0.620. The Morgan fingerprint density at radius 1 is 1.22 bits per heavy atom. The van der Waals surface area contributed by atoms with Crippen LogP contribution in [0.15, 0.2) is 0 Å². The number of alkyl halides is 1. The maximum Gasteiger partial charge on any atom is 0.242 e. The molecule has 0 radical (unpaired) electrons. The lowest BCUT2D eigenvalue weighted by atomic mass is 9.81. The van der Waals surface area contributed by atoms with Gasteiger partial charge in [0.25, 0.3) is 0 Å². The van der Waals surface area contributed by atoms with Crippen molar-refractivity contribution in [3.8, 4) is 0 Å². The predicted octanol–water partition coefficient (Wildman–Crippen LogP) is 0.479. The molecule has 2 aliphatic heterocycles. The van der Waals surface area contributed by atoms with Crippen molar-refractivity contribution in [2.45, 2.75) is 12.8 Å². The Balaban J connectivity index is 2.02. The van der Waals surface area contributed by atoms with Crippen LogP contribution in [0.5, 0.6) is 0 Å². The highest BCUT2D eigenvalue weighted by Gasteiger charge is 2.37. The molecule has 0 saturated carbocycles. The molecule has 18 heavy (non-hydrogen) atoms. The van der Waals surface area contributed by atoms with Gasteiger partial charge in [0.2, 0.25) is 11.8 Å². The van der Waals surface area contributed by atoms with Gasteiger partial charge >= 0.3 is 0 Å². The second kappa shape index (κ2) is 5.57. The molecule has 2 rings (SSSR count). The maximum atomic E-state index is 12.0. The highest BCUT2D eigenvalue weighted by molar-refractivity contribution is 9.09. The van der Waals surface area contributed by atoms with E-state index in [0.717, 1.165) is 31.4 Å². The Morgan fingerprint density at radius 3 is 2.50 bits per heavy atom. The van der Waals surface area contributed by atoms with Crippen LogP contribution >= 0.6 is 15.9 Å². The van der Waals surface area contributed by atoms with Crippen LogP contribution in [0.1, 0.15) is 12.8 Å². The van der Waals surface area contributed by atoms with Crippen LogP contribution in [0.25, 0.3) is 0 Å². The molecule has 0 bridgehead atoms. The van der Waals surface area contributed by atoms with Gasteiger partial charge in [-0.2, -0.15) is 0 Å². The molecule has 0 aliphatic carbocycles. The van der Waals surface area contributed by atoms with Gasteiger partial charge in [-0.25, -0.2) is 0 Å². The summed E-state index contributed by atoms with van der Waals surface area (Å²) >= 11 is 3.55. The zero-order valence-electron chi connectivity index (χ0n) is 10.7. The normalized spacial score (nSPS) is 24.6. The first kappa shape index (κ1) is 13.8. The summed E-state index contributed by atoms with van der Waals surface area (Å²) in [7, 11) is 1.67. The van der Waals surface area contributed by atoms with Gasteiger partial charge in [-0.05, 0) is 12.8 Å². The zero-order chi connectivity index (χ0) is 13.2. The van der Waals surface area contributed by atoms with E-state index in [2.05, 4.69) is 15.9 Å². The van der Waals surface area contributed by atoms with Gasteiger partial charge in [-0.15, -0.1) is 0 Å². The third-order valence-corrected chi connectivity index (χ3v) is 5.03. The lowest BCUT2D eigenvalue weighted by Gasteiger charge is -2.41. The van der Waals surface area contributed by atoms with Crippen molar-refractivity contribution in [3.05, 3.63) is 0 Å². The van der Waals surface area contributed by atoms with Crippen molar-refractivity contribution in [2.75, 3.05) is 45.2 Å². The third-order valence-electron chi connectivity index (χ3n) is 3.84. The Labute approximate surface area is 116 Å². The first-order valence-corrected chi connectivity index (χ1v) is 7.34. The number of halogens is 1. The monoisotopic (exact) mass is 318 g/mol. The number of nitrogens with zero attached hydrogens (tertiary/aromatic N) is 2. The van der Waals surface area contributed by atoms with E-state index < -0.39 is 0 Å². The number of amides is 2. The van der Waals surface area contributed by atoms with E-state index in [1.165, 1.54) is 4.90 Å². The summed E-state index contributed by atoms with van der Waals surface area (Å²) < 4.78 is 5.38. The Bertz CT molecular complexity index is 342. The third kappa shape index (κ3) is 2.85. The zero-order valence-corrected chi connectivity index (χ0v) is 12.2. The molecule has 0 atom stereocenters. The van der Waals surface area contributed by atoms with Crippen molar-refractivity contribution < 1.29 is 14.3 Å². The lowest BCUT2D eigenvalue weighted by molar-refractivity contribution is -0.150. The van der Waals surface area contributed by atoms with E-state index >= 15 is 0 Å².